The molecule has 0 atom stereocenters. The van der Waals surface area contributed by atoms with Crippen LogP contribution < -0.4 is 11.5 Å². The van der Waals surface area contributed by atoms with Crippen molar-refractivity contribution >= 4 is 17.9 Å². The molecular weight excluding hydrogens is 406 g/mol. The van der Waals surface area contributed by atoms with Gasteiger partial charge in [0.1, 0.15) is 12.3 Å². The molecule has 0 spiro atoms. The molecule has 0 aliphatic heterocycles. The normalized spacial score (nSPS) is 10.7. The molecule has 32 heavy (non-hydrogen) atoms. The van der Waals surface area contributed by atoms with Gasteiger partial charge in [0.25, 0.3) is 0 Å². The van der Waals surface area contributed by atoms with Gasteiger partial charge in [-0.25, -0.2) is 19.6 Å². The van der Waals surface area contributed by atoms with E-state index in [0.717, 1.165) is 21.3 Å². The topological polar surface area (TPSA) is 126 Å². The number of nitrogens with two attached hydrogens (primary N) is 2. The summed E-state index contributed by atoms with van der Waals surface area (Å²) in [4.78, 5) is 33.3. The van der Waals surface area contributed by atoms with Crippen molar-refractivity contribution in [3.8, 4) is 22.4 Å². The molecule has 0 saturated heterocycles. The van der Waals surface area contributed by atoms with Crippen LogP contribution in [0, 0.1) is 6.92 Å². The number of amides is 1. The molecule has 0 aliphatic rings. The number of hydrogen-bond donors (Lipinski definition) is 2. The van der Waals surface area contributed by atoms with Crippen molar-refractivity contribution < 1.29 is 14.3 Å². The molecule has 0 radical (unpaired) electrons. The van der Waals surface area contributed by atoms with E-state index in [-0.39, 0.29) is 18.2 Å². The lowest BCUT2D eigenvalue weighted by Gasteiger charge is -2.08. The third-order valence-electron chi connectivity index (χ3n) is 4.89. The summed E-state index contributed by atoms with van der Waals surface area (Å²) in [5.74, 6) is -0.616. The Hall–Kier alpha value is -4.46. The fraction of sp³-hybridized carbons (Fsp3) is 0.0833. The van der Waals surface area contributed by atoms with E-state index >= 15 is 0 Å². The molecule has 0 bridgehead atoms. The summed E-state index contributed by atoms with van der Waals surface area (Å²) >= 11 is 0. The number of aryl methyl sites for hydroxylation is 1. The summed E-state index contributed by atoms with van der Waals surface area (Å²) in [7, 11) is 0. The number of ether oxygens (including phenoxy) is 1. The minimum absolute atomic E-state index is 0.00388. The highest BCUT2D eigenvalue weighted by molar-refractivity contribution is 5.96. The Labute approximate surface area is 184 Å². The lowest BCUT2D eigenvalue weighted by molar-refractivity contribution is 0.0462. The molecule has 160 valence electrons. The minimum Gasteiger partial charge on any atom is -0.456 e. The smallest absolute Gasteiger partial charge is 0.355 e. The lowest BCUT2D eigenvalue weighted by atomic mass is 10.0. The largest absolute Gasteiger partial charge is 0.456 e. The van der Waals surface area contributed by atoms with Crippen LogP contribution >= 0.6 is 0 Å². The summed E-state index contributed by atoms with van der Waals surface area (Å²) in [5, 5.41) is 0. The number of nitrogen functional groups attached to an aromatic ring is 1. The van der Waals surface area contributed by atoms with Crippen molar-refractivity contribution in [2.24, 2.45) is 5.73 Å². The maximum Gasteiger partial charge on any atom is 0.355 e. The second-order valence-electron chi connectivity index (χ2n) is 7.24. The highest BCUT2D eigenvalue weighted by Crippen LogP contribution is 2.32. The second kappa shape index (κ2) is 8.73. The molecule has 4 aromatic rings. The summed E-state index contributed by atoms with van der Waals surface area (Å²) < 4.78 is 6.43. The minimum atomic E-state index is -0.818. The first-order valence-corrected chi connectivity index (χ1v) is 9.85. The van der Waals surface area contributed by atoms with Crippen LogP contribution in [0.5, 0.6) is 0 Å². The first kappa shape index (κ1) is 20.8. The van der Waals surface area contributed by atoms with Crippen LogP contribution in [-0.4, -0.2) is 26.5 Å². The van der Waals surface area contributed by atoms with Crippen molar-refractivity contribution in [1.29, 1.82) is 0 Å². The average Bonchev–Trinajstić information content (AvgIpc) is 3.24. The van der Waals surface area contributed by atoms with Gasteiger partial charge in [0.15, 0.2) is 0 Å². The molecule has 8 heteroatoms. The zero-order valence-corrected chi connectivity index (χ0v) is 17.4. The molecule has 2 aromatic carbocycles. The van der Waals surface area contributed by atoms with E-state index in [1.807, 2.05) is 61.5 Å². The van der Waals surface area contributed by atoms with Crippen molar-refractivity contribution in [2.45, 2.75) is 13.5 Å². The van der Waals surface area contributed by atoms with Gasteiger partial charge in [0.05, 0.1) is 5.69 Å². The van der Waals surface area contributed by atoms with Crippen LogP contribution in [-0.2, 0) is 11.3 Å². The van der Waals surface area contributed by atoms with Gasteiger partial charge in [0, 0.05) is 23.5 Å². The molecule has 2 heterocycles. The summed E-state index contributed by atoms with van der Waals surface area (Å²) in [5.41, 5.74) is 15.8. The van der Waals surface area contributed by atoms with E-state index in [1.54, 1.807) is 6.20 Å². The maximum absolute atomic E-state index is 12.7. The van der Waals surface area contributed by atoms with Gasteiger partial charge >= 0.3 is 12.0 Å². The molecule has 0 aliphatic carbocycles. The number of carbonyl (C=O) groups is 2. The quantitative estimate of drug-likeness (QED) is 0.467. The molecule has 2 aromatic heterocycles. The second-order valence-corrected chi connectivity index (χ2v) is 7.24. The molecule has 0 unspecified atom stereocenters. The Morgan fingerprint density at radius 2 is 1.81 bits per heavy atom. The summed E-state index contributed by atoms with van der Waals surface area (Å²) in [6.45, 7) is 2.04. The van der Waals surface area contributed by atoms with E-state index in [0.29, 0.717) is 16.8 Å². The molecule has 1 amide bonds. The van der Waals surface area contributed by atoms with Gasteiger partial charge in [-0.3, -0.25) is 4.57 Å². The number of rotatable bonds is 5. The Kier molecular flexibility index (Phi) is 5.67. The van der Waals surface area contributed by atoms with Crippen LogP contribution in [0.3, 0.4) is 0 Å². The Morgan fingerprint density at radius 3 is 2.53 bits per heavy atom. The lowest BCUT2D eigenvalue weighted by Crippen LogP contribution is -2.23. The molecule has 0 saturated carbocycles. The summed E-state index contributed by atoms with van der Waals surface area (Å²) in [6, 6.07) is 17.7. The average molecular weight is 427 g/mol. The van der Waals surface area contributed by atoms with Crippen molar-refractivity contribution in [1.82, 2.24) is 14.5 Å². The highest BCUT2D eigenvalue weighted by Gasteiger charge is 2.21. The van der Waals surface area contributed by atoms with E-state index in [1.165, 1.54) is 12.3 Å². The van der Waals surface area contributed by atoms with E-state index in [4.69, 9.17) is 16.2 Å². The van der Waals surface area contributed by atoms with E-state index in [9.17, 15) is 9.59 Å². The molecular formula is C24H21N5O3. The highest BCUT2D eigenvalue weighted by atomic mass is 16.5. The maximum atomic E-state index is 12.7. The summed E-state index contributed by atoms with van der Waals surface area (Å²) in [6.07, 6.45) is 3.06. The Bertz CT molecular complexity index is 1300. The van der Waals surface area contributed by atoms with Crippen LogP contribution in [0.25, 0.3) is 22.4 Å². The van der Waals surface area contributed by atoms with Crippen LogP contribution in [0.4, 0.5) is 10.7 Å². The predicted molar refractivity (Wildman–Crippen MR) is 121 cm³/mol. The van der Waals surface area contributed by atoms with Crippen LogP contribution in [0.2, 0.25) is 0 Å². The van der Waals surface area contributed by atoms with Crippen molar-refractivity contribution in [3.63, 3.8) is 0 Å². The molecule has 4 rings (SSSR count). The number of aromatic nitrogens is 3. The zero-order valence-electron chi connectivity index (χ0n) is 17.4. The van der Waals surface area contributed by atoms with Gasteiger partial charge in [0.2, 0.25) is 5.95 Å². The number of primary amides is 1. The fourth-order valence-electron chi connectivity index (χ4n) is 3.37. The number of hydrogen-bond acceptors (Lipinski definition) is 6. The van der Waals surface area contributed by atoms with Crippen LogP contribution in [0.1, 0.15) is 21.6 Å². The third-order valence-corrected chi connectivity index (χ3v) is 4.89. The number of anilines is 1. The molecule has 8 nitrogen and oxygen atoms in total. The number of esters is 1. The third kappa shape index (κ3) is 4.34. The van der Waals surface area contributed by atoms with Gasteiger partial charge in [-0.05, 0) is 24.1 Å². The predicted octanol–water partition coefficient (Wildman–Crippen LogP) is 3.79. The number of nitrogens with zero attached hydrogens (tertiary/aromatic N) is 3. The molecule has 4 N–H and O–H groups in total. The molecule has 0 fully saturated rings. The zero-order chi connectivity index (χ0) is 22.7. The monoisotopic (exact) mass is 427 g/mol. The van der Waals surface area contributed by atoms with Crippen molar-refractivity contribution in [2.75, 3.05) is 5.73 Å². The SMILES string of the molecule is Cc1cccc(-c2cnc(N)nc2-c2cc(C(=O)OCc3ccccc3)n(C(N)=O)c2)c1. The fourth-order valence-corrected chi connectivity index (χ4v) is 3.37. The first-order chi connectivity index (χ1) is 15.4. The van der Waals surface area contributed by atoms with Gasteiger partial charge in [-0.2, -0.15) is 0 Å². The number of carbonyl (C=O) groups excluding carboxylic acids is 2. The van der Waals surface area contributed by atoms with E-state index < -0.39 is 12.0 Å². The number of benzene rings is 2. The van der Waals surface area contributed by atoms with Gasteiger partial charge < -0.3 is 16.2 Å². The standard InChI is InChI=1S/C24H21N5O3/c1-15-6-5-9-17(10-15)19-12-27-23(25)28-21(19)18-11-20(29(13-18)24(26)31)22(30)32-14-16-7-3-2-4-8-16/h2-13H,14H2,1H3,(H2,26,31)(H2,25,27,28). The van der Waals surface area contributed by atoms with Crippen molar-refractivity contribution in [3.05, 3.63) is 89.9 Å². The Morgan fingerprint density at radius 1 is 1.03 bits per heavy atom. The van der Waals surface area contributed by atoms with Crippen LogP contribution in [0.15, 0.2) is 73.1 Å². The first-order valence-electron chi connectivity index (χ1n) is 9.85. The Balaban J connectivity index is 1.73. The van der Waals surface area contributed by atoms with Gasteiger partial charge in [-0.1, -0.05) is 60.2 Å². The van der Waals surface area contributed by atoms with Gasteiger partial charge in [-0.15, -0.1) is 0 Å². The van der Waals surface area contributed by atoms with E-state index in [2.05, 4.69) is 9.97 Å².